The summed E-state index contributed by atoms with van der Waals surface area (Å²) in [5.74, 6) is 1.05. The normalized spacial score (nSPS) is 18.9. The monoisotopic (exact) mass is 373 g/mol. The first-order chi connectivity index (χ1) is 12.7. The Bertz CT molecular complexity index is 784. The molecule has 138 valence electrons. The van der Waals surface area contributed by atoms with Crippen LogP contribution in [0.25, 0.3) is 5.82 Å². The van der Waals surface area contributed by atoms with E-state index in [2.05, 4.69) is 27.5 Å². The number of aryl methyl sites for hydroxylation is 1. The van der Waals surface area contributed by atoms with Gasteiger partial charge in [-0.1, -0.05) is 11.8 Å². The van der Waals surface area contributed by atoms with Gasteiger partial charge < -0.3 is 10.1 Å². The predicted molar refractivity (Wildman–Crippen MR) is 98.6 cm³/mol. The molecule has 2 aromatic heterocycles. The molecule has 2 aliphatic rings. The lowest BCUT2D eigenvalue weighted by Crippen LogP contribution is -2.32. The van der Waals surface area contributed by atoms with Gasteiger partial charge in [-0.2, -0.15) is 5.10 Å². The molecular weight excluding hydrogens is 350 g/mol. The number of fused-ring (bicyclic) bond motifs is 1. The van der Waals surface area contributed by atoms with Crippen LogP contribution >= 0.6 is 11.8 Å². The standard InChI is InChI=1S/C18H23N5O2S/c1-12-14-5-2-6-15(14)22-23(12)16-7-8-18(21-20-16)26-11-17(24)19-10-13-4-3-9-25-13/h7-8,13H,2-6,9-11H2,1H3,(H,19,24). The summed E-state index contributed by atoms with van der Waals surface area (Å²) in [5.41, 5.74) is 3.69. The quantitative estimate of drug-likeness (QED) is 0.778. The van der Waals surface area contributed by atoms with E-state index in [1.54, 1.807) is 0 Å². The van der Waals surface area contributed by atoms with E-state index in [4.69, 9.17) is 4.74 Å². The van der Waals surface area contributed by atoms with Crippen LogP contribution in [0.1, 0.15) is 36.2 Å². The number of hydrogen-bond donors (Lipinski definition) is 1. The second-order valence-corrected chi connectivity index (χ2v) is 7.73. The molecule has 2 aromatic rings. The molecule has 0 radical (unpaired) electrons. The molecule has 0 bridgehead atoms. The van der Waals surface area contributed by atoms with Crippen molar-refractivity contribution in [3.05, 3.63) is 29.1 Å². The van der Waals surface area contributed by atoms with Crippen LogP contribution in [0.4, 0.5) is 0 Å². The Balaban J connectivity index is 1.31. The first kappa shape index (κ1) is 17.5. The summed E-state index contributed by atoms with van der Waals surface area (Å²) in [6.07, 6.45) is 5.61. The van der Waals surface area contributed by atoms with Gasteiger partial charge in [0.05, 0.1) is 17.6 Å². The lowest BCUT2D eigenvalue weighted by atomic mass is 10.2. The van der Waals surface area contributed by atoms with Crippen molar-refractivity contribution >= 4 is 17.7 Å². The van der Waals surface area contributed by atoms with Crippen molar-refractivity contribution in [1.82, 2.24) is 25.3 Å². The number of nitrogens with zero attached hydrogens (tertiary/aromatic N) is 4. The number of hydrogen-bond acceptors (Lipinski definition) is 6. The van der Waals surface area contributed by atoms with Gasteiger partial charge in [0.25, 0.3) is 0 Å². The Hall–Kier alpha value is -1.93. The van der Waals surface area contributed by atoms with Gasteiger partial charge in [0.15, 0.2) is 5.82 Å². The number of carbonyl (C=O) groups excluding carboxylic acids is 1. The van der Waals surface area contributed by atoms with E-state index < -0.39 is 0 Å². The summed E-state index contributed by atoms with van der Waals surface area (Å²) >= 11 is 1.39. The highest BCUT2D eigenvalue weighted by Crippen LogP contribution is 2.26. The second-order valence-electron chi connectivity index (χ2n) is 6.73. The van der Waals surface area contributed by atoms with Crippen LogP contribution in [0.3, 0.4) is 0 Å². The van der Waals surface area contributed by atoms with Crippen molar-refractivity contribution in [1.29, 1.82) is 0 Å². The summed E-state index contributed by atoms with van der Waals surface area (Å²) in [6.45, 7) is 3.48. The van der Waals surface area contributed by atoms with Crippen molar-refractivity contribution in [2.24, 2.45) is 0 Å². The summed E-state index contributed by atoms with van der Waals surface area (Å²) < 4.78 is 7.38. The maximum absolute atomic E-state index is 11.9. The van der Waals surface area contributed by atoms with E-state index in [1.165, 1.54) is 29.4 Å². The number of ether oxygens (including phenoxy) is 1. The SMILES string of the molecule is Cc1c2c(nn1-c1ccc(SCC(=O)NCC3CCCO3)nn1)CCC2. The Morgan fingerprint density at radius 2 is 2.27 bits per heavy atom. The number of aromatic nitrogens is 4. The largest absolute Gasteiger partial charge is 0.376 e. The van der Waals surface area contributed by atoms with Gasteiger partial charge >= 0.3 is 0 Å². The van der Waals surface area contributed by atoms with Crippen molar-refractivity contribution in [2.75, 3.05) is 18.9 Å². The van der Waals surface area contributed by atoms with Crippen molar-refractivity contribution in [2.45, 2.75) is 50.2 Å². The molecule has 1 fully saturated rings. The molecule has 1 saturated heterocycles. The van der Waals surface area contributed by atoms with Crippen molar-refractivity contribution < 1.29 is 9.53 Å². The molecule has 0 saturated carbocycles. The molecule has 1 unspecified atom stereocenters. The Morgan fingerprint density at radius 1 is 1.35 bits per heavy atom. The van der Waals surface area contributed by atoms with Gasteiger partial charge in [-0.15, -0.1) is 10.2 Å². The maximum atomic E-state index is 11.9. The summed E-state index contributed by atoms with van der Waals surface area (Å²) in [6, 6.07) is 3.81. The zero-order valence-corrected chi connectivity index (χ0v) is 15.7. The van der Waals surface area contributed by atoms with Gasteiger partial charge in [-0.05, 0) is 56.7 Å². The van der Waals surface area contributed by atoms with E-state index >= 15 is 0 Å². The average molecular weight is 373 g/mol. The van der Waals surface area contributed by atoms with Gasteiger partial charge in [-0.25, -0.2) is 4.68 Å². The highest BCUT2D eigenvalue weighted by molar-refractivity contribution is 7.99. The van der Waals surface area contributed by atoms with Crippen LogP contribution in [0.5, 0.6) is 0 Å². The lowest BCUT2D eigenvalue weighted by Gasteiger charge is -2.10. The highest BCUT2D eigenvalue weighted by Gasteiger charge is 2.21. The molecule has 3 heterocycles. The topological polar surface area (TPSA) is 81.9 Å². The van der Waals surface area contributed by atoms with Crippen LogP contribution in [0, 0.1) is 6.92 Å². The van der Waals surface area contributed by atoms with Crippen molar-refractivity contribution in [3.63, 3.8) is 0 Å². The predicted octanol–water partition coefficient (Wildman–Crippen LogP) is 1.85. The second kappa shape index (κ2) is 7.75. The van der Waals surface area contributed by atoms with Gasteiger partial charge in [0.1, 0.15) is 5.03 Å². The fraction of sp³-hybridized carbons (Fsp3) is 0.556. The van der Waals surface area contributed by atoms with Crippen LogP contribution in [0.2, 0.25) is 0 Å². The molecule has 1 aliphatic heterocycles. The minimum Gasteiger partial charge on any atom is -0.376 e. The van der Waals surface area contributed by atoms with Crippen molar-refractivity contribution in [3.8, 4) is 5.82 Å². The third-order valence-corrected chi connectivity index (χ3v) is 5.83. The van der Waals surface area contributed by atoms with Gasteiger partial charge in [0, 0.05) is 18.8 Å². The molecule has 4 rings (SSSR count). The zero-order chi connectivity index (χ0) is 17.9. The number of rotatable bonds is 6. The Morgan fingerprint density at radius 3 is 3.00 bits per heavy atom. The van der Waals surface area contributed by atoms with E-state index in [1.807, 2.05) is 16.8 Å². The molecule has 26 heavy (non-hydrogen) atoms. The molecule has 1 amide bonds. The van der Waals surface area contributed by atoms with Gasteiger partial charge in [-0.3, -0.25) is 4.79 Å². The summed E-state index contributed by atoms with van der Waals surface area (Å²) in [5, 5.41) is 16.8. The minimum atomic E-state index is -0.00396. The summed E-state index contributed by atoms with van der Waals surface area (Å²) in [7, 11) is 0. The molecule has 1 atom stereocenters. The van der Waals surface area contributed by atoms with Gasteiger partial charge in [0.2, 0.25) is 5.91 Å². The van der Waals surface area contributed by atoms with E-state index in [-0.39, 0.29) is 12.0 Å². The molecule has 1 N–H and O–H groups in total. The first-order valence-corrected chi connectivity index (χ1v) is 10.1. The lowest BCUT2D eigenvalue weighted by molar-refractivity contribution is -0.119. The third-order valence-electron chi connectivity index (χ3n) is 4.91. The number of thioether (sulfide) groups is 1. The molecule has 8 heteroatoms. The molecule has 1 aliphatic carbocycles. The smallest absolute Gasteiger partial charge is 0.230 e. The molecular formula is C18H23N5O2S. The van der Waals surface area contributed by atoms with Crippen LogP contribution in [-0.2, 0) is 22.4 Å². The maximum Gasteiger partial charge on any atom is 0.230 e. The highest BCUT2D eigenvalue weighted by atomic mass is 32.2. The fourth-order valence-corrected chi connectivity index (χ4v) is 4.14. The van der Waals surface area contributed by atoms with E-state index in [0.717, 1.165) is 48.8 Å². The zero-order valence-electron chi connectivity index (χ0n) is 14.9. The Kier molecular flexibility index (Phi) is 5.21. The molecule has 7 nitrogen and oxygen atoms in total. The first-order valence-electron chi connectivity index (χ1n) is 9.13. The number of carbonyl (C=O) groups is 1. The van der Waals surface area contributed by atoms with Crippen LogP contribution < -0.4 is 5.32 Å². The number of amides is 1. The average Bonchev–Trinajstić information content (AvgIpc) is 3.38. The molecule has 0 aromatic carbocycles. The number of nitrogens with one attached hydrogen (secondary N) is 1. The summed E-state index contributed by atoms with van der Waals surface area (Å²) in [4.78, 5) is 11.9. The van der Waals surface area contributed by atoms with Crippen LogP contribution in [-0.4, -0.2) is 50.9 Å². The minimum absolute atomic E-state index is 0.00396. The Labute approximate surface area is 156 Å². The van der Waals surface area contributed by atoms with Crippen LogP contribution in [0.15, 0.2) is 17.2 Å². The van der Waals surface area contributed by atoms with E-state index in [9.17, 15) is 4.79 Å². The molecule has 0 spiro atoms. The third kappa shape index (κ3) is 3.76. The van der Waals surface area contributed by atoms with E-state index in [0.29, 0.717) is 12.3 Å². The fourth-order valence-electron chi connectivity index (χ4n) is 3.50.